The van der Waals surface area contributed by atoms with E-state index >= 15 is 0 Å². The first-order valence-electron chi connectivity index (χ1n) is 8.94. The van der Waals surface area contributed by atoms with E-state index in [0.717, 1.165) is 28.5 Å². The van der Waals surface area contributed by atoms with Crippen molar-refractivity contribution in [2.24, 2.45) is 0 Å². The van der Waals surface area contributed by atoms with E-state index in [1.165, 1.54) is 7.11 Å². The largest absolute Gasteiger partial charge is 0.481 e. The quantitative estimate of drug-likeness (QED) is 0.366. The Morgan fingerprint density at radius 1 is 1.17 bits per heavy atom. The van der Waals surface area contributed by atoms with Crippen molar-refractivity contribution in [2.75, 3.05) is 12.9 Å². The fourth-order valence-electron chi connectivity index (χ4n) is 2.76. The first-order valence-corrected chi connectivity index (χ1v) is 9.93. The molecule has 156 valence electrons. The van der Waals surface area contributed by atoms with Gasteiger partial charge in [0.05, 0.1) is 16.3 Å². The van der Waals surface area contributed by atoms with Gasteiger partial charge in [-0.3, -0.25) is 9.89 Å². The molecule has 0 spiro atoms. The minimum atomic E-state index is -0.966. The summed E-state index contributed by atoms with van der Waals surface area (Å²) in [4.78, 5) is 32.3. The highest BCUT2D eigenvalue weighted by Crippen LogP contribution is 2.32. The maximum Gasteiger partial charge on any atom is 0.318 e. The lowest BCUT2D eigenvalue weighted by Gasteiger charge is -2.18. The van der Waals surface area contributed by atoms with Crippen LogP contribution in [0.2, 0.25) is 0 Å². The average molecular weight is 429 g/mol. The molecule has 0 saturated heterocycles. The zero-order valence-corrected chi connectivity index (χ0v) is 17.4. The summed E-state index contributed by atoms with van der Waals surface area (Å²) in [6.07, 6.45) is 0. The highest BCUT2D eigenvalue weighted by Gasteiger charge is 2.21. The number of nitrogens with zero attached hydrogens (tertiary/aromatic N) is 3. The molecule has 0 unspecified atom stereocenters. The fraction of sp³-hybridized carbons (Fsp3) is 0.250. The Kier molecular flexibility index (Phi) is 6.18. The maximum absolute atomic E-state index is 12.1. The number of rotatable bonds is 8. The number of hydrogen-bond donors (Lipinski definition) is 3. The Bertz CT molecular complexity index is 1070. The van der Waals surface area contributed by atoms with E-state index in [1.54, 1.807) is 26.0 Å². The zero-order chi connectivity index (χ0) is 21.9. The molecule has 10 heteroatoms. The first-order chi connectivity index (χ1) is 14.2. The number of carbonyl (C=O) groups is 1. The van der Waals surface area contributed by atoms with E-state index in [4.69, 9.17) is 9.94 Å². The summed E-state index contributed by atoms with van der Waals surface area (Å²) in [6.45, 7) is 3.41. The van der Waals surface area contributed by atoms with Crippen LogP contribution in [0.15, 0.2) is 47.6 Å². The van der Waals surface area contributed by atoms with Crippen LogP contribution >= 0.6 is 11.8 Å². The standard InChI is InChI=1S/C20H20N4O5S/c1-20(2,27)15-6-4-12(5-7-15)13-8-14(10-16(9-13)24(28)29-3)18-21-19(23-22-18)30-11-17(25)26/h4-10,27H,11H2,1-3H3,(H-,21,22,23,25,26)/p+1. The van der Waals surface area contributed by atoms with Crippen LogP contribution in [0.3, 0.4) is 0 Å². The molecule has 0 radical (unpaired) electrons. The van der Waals surface area contributed by atoms with Crippen LogP contribution in [0.1, 0.15) is 19.4 Å². The van der Waals surface area contributed by atoms with E-state index in [1.807, 2.05) is 30.3 Å². The second-order valence-electron chi connectivity index (χ2n) is 6.99. The monoisotopic (exact) mass is 429 g/mol. The number of nitrogens with one attached hydrogen (secondary N) is 1. The number of aromatic nitrogens is 3. The summed E-state index contributed by atoms with van der Waals surface area (Å²) >= 11 is 0.990. The van der Waals surface area contributed by atoms with Gasteiger partial charge < -0.3 is 10.2 Å². The number of carboxylic acid groups (broad SMARTS) is 1. The number of aliphatic hydroxyl groups is 1. The molecule has 0 aliphatic carbocycles. The highest BCUT2D eigenvalue weighted by atomic mass is 32.2. The number of aliphatic carboxylic acids is 1. The van der Waals surface area contributed by atoms with Crippen LogP contribution in [-0.2, 0) is 15.2 Å². The van der Waals surface area contributed by atoms with Crippen molar-refractivity contribution in [3.8, 4) is 22.5 Å². The molecule has 3 N–H and O–H groups in total. The Morgan fingerprint density at radius 2 is 1.83 bits per heavy atom. The molecule has 9 nitrogen and oxygen atoms in total. The van der Waals surface area contributed by atoms with Crippen LogP contribution in [0.25, 0.3) is 22.5 Å². The Morgan fingerprint density at radius 3 is 2.43 bits per heavy atom. The van der Waals surface area contributed by atoms with Crippen molar-refractivity contribution in [3.05, 3.63) is 52.9 Å². The molecule has 0 aliphatic rings. The predicted molar refractivity (Wildman–Crippen MR) is 111 cm³/mol. The van der Waals surface area contributed by atoms with Gasteiger partial charge in [0.15, 0.2) is 12.9 Å². The highest BCUT2D eigenvalue weighted by molar-refractivity contribution is 7.99. The molecule has 30 heavy (non-hydrogen) atoms. The van der Waals surface area contributed by atoms with Crippen molar-refractivity contribution in [1.82, 2.24) is 15.2 Å². The molecule has 0 aliphatic heterocycles. The van der Waals surface area contributed by atoms with Crippen LogP contribution in [0, 0.1) is 4.91 Å². The van der Waals surface area contributed by atoms with Crippen LogP contribution in [0.4, 0.5) is 5.69 Å². The molecule has 1 aromatic heterocycles. The number of hydrogen-bond acceptors (Lipinski definition) is 7. The molecular formula is C20H21N4O5S+. The smallest absolute Gasteiger partial charge is 0.318 e. The molecule has 0 atom stereocenters. The number of aromatic amines is 1. The number of thioether (sulfide) groups is 1. The van der Waals surface area contributed by atoms with Crippen molar-refractivity contribution in [1.29, 1.82) is 0 Å². The lowest BCUT2D eigenvalue weighted by Crippen LogP contribution is -2.14. The summed E-state index contributed by atoms with van der Waals surface area (Å²) in [5.74, 6) is -0.732. The van der Waals surface area contributed by atoms with E-state index in [0.29, 0.717) is 21.5 Å². The molecule has 0 fully saturated rings. The van der Waals surface area contributed by atoms with Gasteiger partial charge in [-0.15, -0.1) is 5.10 Å². The van der Waals surface area contributed by atoms with Gasteiger partial charge in [0, 0.05) is 17.7 Å². The number of carboxylic acids is 1. The molecule has 0 saturated carbocycles. The van der Waals surface area contributed by atoms with Gasteiger partial charge in [-0.1, -0.05) is 36.0 Å². The Balaban J connectivity index is 2.01. The lowest BCUT2D eigenvalue weighted by atomic mass is 9.95. The summed E-state index contributed by atoms with van der Waals surface area (Å²) in [7, 11) is 1.27. The molecule has 1 heterocycles. The molecule has 3 rings (SSSR count). The van der Waals surface area contributed by atoms with Crippen LogP contribution in [0.5, 0.6) is 0 Å². The van der Waals surface area contributed by atoms with Gasteiger partial charge in [-0.25, -0.2) is 9.82 Å². The molecule has 0 bridgehead atoms. The summed E-state index contributed by atoms with van der Waals surface area (Å²) in [5, 5.41) is 26.0. The van der Waals surface area contributed by atoms with E-state index in [-0.39, 0.29) is 11.4 Å². The molecule has 2 aromatic carbocycles. The maximum atomic E-state index is 12.1. The minimum Gasteiger partial charge on any atom is -0.481 e. The molecule has 0 amide bonds. The Hall–Kier alpha value is -3.24. The SMILES string of the molecule is CO[N+](=O)c1cc(-c2ccc(C(C)(C)O)cc2)cc(-c2nc(SCC(=O)O)n[nH]2)c1. The van der Waals surface area contributed by atoms with Crippen LogP contribution in [-0.4, -0.2) is 49.1 Å². The Labute approximate surface area is 176 Å². The van der Waals surface area contributed by atoms with Gasteiger partial charge in [0.25, 0.3) is 4.92 Å². The number of benzene rings is 2. The van der Waals surface area contributed by atoms with E-state index in [9.17, 15) is 14.8 Å². The van der Waals surface area contributed by atoms with Crippen molar-refractivity contribution < 1.29 is 24.8 Å². The average Bonchev–Trinajstić information content (AvgIpc) is 3.20. The van der Waals surface area contributed by atoms with Gasteiger partial charge in [-0.05, 0) is 36.6 Å². The van der Waals surface area contributed by atoms with E-state index < -0.39 is 11.6 Å². The second-order valence-corrected chi connectivity index (χ2v) is 7.94. The minimum absolute atomic E-state index is 0.159. The van der Waals surface area contributed by atoms with Crippen LogP contribution < -0.4 is 0 Å². The lowest BCUT2D eigenvalue weighted by molar-refractivity contribution is -0.736. The van der Waals surface area contributed by atoms with Gasteiger partial charge in [0.2, 0.25) is 5.16 Å². The summed E-state index contributed by atoms with van der Waals surface area (Å²) in [5.41, 5.74) is 2.21. The third-order valence-electron chi connectivity index (χ3n) is 4.28. The van der Waals surface area contributed by atoms with E-state index in [2.05, 4.69) is 15.2 Å². The predicted octanol–water partition coefficient (Wildman–Crippen LogP) is 3.51. The summed E-state index contributed by atoms with van der Waals surface area (Å²) in [6, 6.07) is 12.5. The third-order valence-corrected chi connectivity index (χ3v) is 5.11. The van der Waals surface area contributed by atoms with Gasteiger partial charge in [-0.2, -0.15) is 0 Å². The van der Waals surface area contributed by atoms with Crippen molar-refractivity contribution in [2.45, 2.75) is 24.6 Å². The van der Waals surface area contributed by atoms with Gasteiger partial charge >= 0.3 is 11.7 Å². The summed E-state index contributed by atoms with van der Waals surface area (Å²) < 4.78 is 0. The first kappa shape index (κ1) is 21.5. The zero-order valence-electron chi connectivity index (χ0n) is 16.6. The van der Waals surface area contributed by atoms with Crippen molar-refractivity contribution in [3.63, 3.8) is 0 Å². The molecular weight excluding hydrogens is 408 g/mol. The fourth-order valence-corrected chi connectivity index (χ4v) is 3.28. The topological polar surface area (TPSA) is 128 Å². The van der Waals surface area contributed by atoms with Crippen molar-refractivity contribution >= 4 is 23.4 Å². The third kappa shape index (κ3) is 5.02. The number of H-pyrrole nitrogens is 1. The van der Waals surface area contributed by atoms with Gasteiger partial charge in [0.1, 0.15) is 0 Å². The molecule has 3 aromatic rings. The second kappa shape index (κ2) is 8.64. The normalized spacial score (nSPS) is 11.3.